The monoisotopic (exact) mass is 215 g/mol. The van der Waals surface area contributed by atoms with Gasteiger partial charge in [0.2, 0.25) is 0 Å². The van der Waals surface area contributed by atoms with E-state index >= 15 is 0 Å². The number of carbonyl (C=O) groups excluding carboxylic acids is 1. The van der Waals surface area contributed by atoms with Crippen LogP contribution < -0.4 is 0 Å². The summed E-state index contributed by atoms with van der Waals surface area (Å²) in [5.41, 5.74) is 0. The molecule has 1 aliphatic rings. The Labute approximate surface area is 91.5 Å². The number of nitrogens with zero attached hydrogens (tertiary/aromatic N) is 1. The van der Waals surface area contributed by atoms with Crippen molar-refractivity contribution < 1.29 is 14.3 Å². The summed E-state index contributed by atoms with van der Waals surface area (Å²) in [6.07, 6.45) is 3.81. The number of carbonyl (C=O) groups is 1. The molecule has 4 nitrogen and oxygen atoms in total. The van der Waals surface area contributed by atoms with Crippen molar-refractivity contribution in [2.24, 2.45) is 0 Å². The van der Waals surface area contributed by atoms with E-state index in [-0.39, 0.29) is 12.3 Å². The lowest BCUT2D eigenvalue weighted by molar-refractivity contribution is -0.0324. The number of hydrogen-bond acceptors (Lipinski definition) is 3. The van der Waals surface area contributed by atoms with Gasteiger partial charge in [0.1, 0.15) is 6.23 Å². The van der Waals surface area contributed by atoms with Crippen molar-refractivity contribution in [3.05, 3.63) is 0 Å². The topological polar surface area (TPSA) is 38.8 Å². The second-order valence-electron chi connectivity index (χ2n) is 3.71. The Morgan fingerprint density at radius 1 is 1.47 bits per heavy atom. The molecule has 0 bridgehead atoms. The number of ether oxygens (including phenoxy) is 2. The van der Waals surface area contributed by atoms with Gasteiger partial charge in [-0.3, -0.25) is 4.90 Å². The third kappa shape index (κ3) is 3.70. The first-order valence-corrected chi connectivity index (χ1v) is 5.84. The van der Waals surface area contributed by atoms with Crippen molar-refractivity contribution in [3.63, 3.8) is 0 Å². The second kappa shape index (κ2) is 6.67. The van der Waals surface area contributed by atoms with E-state index < -0.39 is 0 Å². The summed E-state index contributed by atoms with van der Waals surface area (Å²) in [5.74, 6) is 0. The number of unbranched alkanes of at least 4 members (excludes halogenated alkanes) is 1. The molecule has 0 radical (unpaired) electrons. The van der Waals surface area contributed by atoms with Gasteiger partial charge in [0.15, 0.2) is 0 Å². The predicted molar refractivity (Wildman–Crippen MR) is 57.6 cm³/mol. The van der Waals surface area contributed by atoms with Crippen LogP contribution in [0, 0.1) is 0 Å². The van der Waals surface area contributed by atoms with Gasteiger partial charge in [-0.15, -0.1) is 0 Å². The molecule has 0 aromatic heterocycles. The van der Waals surface area contributed by atoms with Crippen LogP contribution in [0.2, 0.25) is 0 Å². The molecule has 0 aliphatic carbocycles. The quantitative estimate of drug-likeness (QED) is 0.661. The molecule has 0 aromatic carbocycles. The molecule has 1 saturated heterocycles. The maximum absolute atomic E-state index is 11.5. The SMILES string of the molecule is CCCCOC1CCCN1C(=O)OCC. The van der Waals surface area contributed by atoms with Gasteiger partial charge in [-0.1, -0.05) is 13.3 Å². The average Bonchev–Trinajstić information content (AvgIpc) is 2.67. The molecule has 1 rings (SSSR count). The van der Waals surface area contributed by atoms with Crippen LogP contribution in [0.1, 0.15) is 39.5 Å². The highest BCUT2D eigenvalue weighted by atomic mass is 16.6. The smallest absolute Gasteiger partial charge is 0.411 e. The Morgan fingerprint density at radius 2 is 2.27 bits per heavy atom. The third-order valence-electron chi connectivity index (χ3n) is 2.51. The molecule has 0 spiro atoms. The first-order valence-electron chi connectivity index (χ1n) is 5.84. The largest absolute Gasteiger partial charge is 0.450 e. The van der Waals surface area contributed by atoms with Gasteiger partial charge in [0.25, 0.3) is 0 Å². The minimum Gasteiger partial charge on any atom is -0.450 e. The second-order valence-corrected chi connectivity index (χ2v) is 3.71. The highest BCUT2D eigenvalue weighted by Gasteiger charge is 2.29. The molecule has 1 heterocycles. The molecule has 4 heteroatoms. The summed E-state index contributed by atoms with van der Waals surface area (Å²) < 4.78 is 10.6. The molecular weight excluding hydrogens is 194 g/mol. The highest BCUT2D eigenvalue weighted by molar-refractivity contribution is 5.68. The van der Waals surface area contributed by atoms with Gasteiger partial charge in [0, 0.05) is 13.2 Å². The number of likely N-dealkylation sites (tertiary alicyclic amines) is 1. The molecule has 1 atom stereocenters. The van der Waals surface area contributed by atoms with Crippen LogP contribution in [0.25, 0.3) is 0 Å². The van der Waals surface area contributed by atoms with E-state index in [0.717, 1.165) is 38.8 Å². The van der Waals surface area contributed by atoms with Gasteiger partial charge >= 0.3 is 6.09 Å². The minimum atomic E-state index is -0.239. The average molecular weight is 215 g/mol. The molecule has 1 aliphatic heterocycles. The Morgan fingerprint density at radius 3 is 2.93 bits per heavy atom. The van der Waals surface area contributed by atoms with Crippen molar-refractivity contribution in [1.29, 1.82) is 0 Å². The summed E-state index contributed by atoms with van der Waals surface area (Å²) in [5, 5.41) is 0. The maximum atomic E-state index is 11.5. The van der Waals surface area contributed by atoms with Crippen LogP contribution in [-0.2, 0) is 9.47 Å². The summed E-state index contributed by atoms with van der Waals surface area (Å²) in [7, 11) is 0. The van der Waals surface area contributed by atoms with Crippen LogP contribution in [0.3, 0.4) is 0 Å². The summed E-state index contributed by atoms with van der Waals surface area (Å²) in [6, 6.07) is 0. The molecule has 0 N–H and O–H groups in total. The fraction of sp³-hybridized carbons (Fsp3) is 0.909. The molecule has 88 valence electrons. The Balaban J connectivity index is 2.32. The maximum Gasteiger partial charge on any atom is 0.411 e. The van der Waals surface area contributed by atoms with Crippen LogP contribution in [0.4, 0.5) is 4.79 Å². The van der Waals surface area contributed by atoms with E-state index in [1.54, 1.807) is 4.90 Å². The first-order chi connectivity index (χ1) is 7.29. The zero-order valence-electron chi connectivity index (χ0n) is 9.70. The molecule has 0 aromatic rings. The van der Waals surface area contributed by atoms with Gasteiger partial charge in [-0.2, -0.15) is 0 Å². The van der Waals surface area contributed by atoms with Gasteiger partial charge in [0.05, 0.1) is 6.61 Å². The molecule has 0 saturated carbocycles. The summed E-state index contributed by atoms with van der Waals surface area (Å²) >= 11 is 0. The lowest BCUT2D eigenvalue weighted by Crippen LogP contribution is -2.37. The zero-order valence-corrected chi connectivity index (χ0v) is 9.70. The van der Waals surface area contributed by atoms with E-state index in [0.29, 0.717) is 6.61 Å². The number of rotatable bonds is 5. The number of hydrogen-bond donors (Lipinski definition) is 0. The molecule has 15 heavy (non-hydrogen) atoms. The number of amides is 1. The Kier molecular flexibility index (Phi) is 5.47. The van der Waals surface area contributed by atoms with Crippen molar-refractivity contribution in [2.75, 3.05) is 19.8 Å². The van der Waals surface area contributed by atoms with E-state index in [9.17, 15) is 4.79 Å². The standard InChI is InChI=1S/C11H21NO3/c1-3-5-9-15-10-7-6-8-12(10)11(13)14-4-2/h10H,3-9H2,1-2H3. The predicted octanol–water partition coefficient (Wildman–Crippen LogP) is 2.38. The van der Waals surface area contributed by atoms with Gasteiger partial charge < -0.3 is 9.47 Å². The summed E-state index contributed by atoms with van der Waals surface area (Å²) in [4.78, 5) is 13.2. The minimum absolute atomic E-state index is 0.0596. The fourth-order valence-corrected chi connectivity index (χ4v) is 1.69. The molecule has 1 amide bonds. The molecule has 1 fully saturated rings. The van der Waals surface area contributed by atoms with Gasteiger partial charge in [-0.25, -0.2) is 4.79 Å². The first kappa shape index (κ1) is 12.3. The van der Waals surface area contributed by atoms with Crippen molar-refractivity contribution in [1.82, 2.24) is 4.90 Å². The lowest BCUT2D eigenvalue weighted by Gasteiger charge is -2.23. The summed E-state index contributed by atoms with van der Waals surface area (Å²) in [6.45, 7) is 5.87. The Bertz CT molecular complexity index is 196. The van der Waals surface area contributed by atoms with Crippen LogP contribution in [-0.4, -0.2) is 37.0 Å². The fourth-order valence-electron chi connectivity index (χ4n) is 1.69. The highest BCUT2D eigenvalue weighted by Crippen LogP contribution is 2.19. The van der Waals surface area contributed by atoms with E-state index in [2.05, 4.69) is 6.92 Å². The van der Waals surface area contributed by atoms with Crippen molar-refractivity contribution in [3.8, 4) is 0 Å². The Hall–Kier alpha value is -0.770. The van der Waals surface area contributed by atoms with Crippen molar-refractivity contribution >= 4 is 6.09 Å². The zero-order chi connectivity index (χ0) is 11.1. The van der Waals surface area contributed by atoms with Crippen LogP contribution in [0.15, 0.2) is 0 Å². The van der Waals surface area contributed by atoms with E-state index in [1.165, 1.54) is 0 Å². The molecular formula is C11H21NO3. The van der Waals surface area contributed by atoms with Crippen molar-refractivity contribution in [2.45, 2.75) is 45.8 Å². The lowest BCUT2D eigenvalue weighted by atomic mass is 10.3. The molecule has 1 unspecified atom stereocenters. The van der Waals surface area contributed by atoms with E-state index in [4.69, 9.17) is 9.47 Å². The van der Waals surface area contributed by atoms with E-state index in [1.807, 2.05) is 6.92 Å². The third-order valence-corrected chi connectivity index (χ3v) is 2.51. The van der Waals surface area contributed by atoms with Crippen LogP contribution in [0.5, 0.6) is 0 Å². The van der Waals surface area contributed by atoms with Gasteiger partial charge in [-0.05, 0) is 26.2 Å². The van der Waals surface area contributed by atoms with Crippen LogP contribution >= 0.6 is 0 Å². The normalized spacial score (nSPS) is 20.7.